The van der Waals surface area contributed by atoms with Crippen molar-refractivity contribution in [1.82, 2.24) is 9.55 Å². The number of carbonyl (C=O) groups excluding carboxylic acids is 1. The molecule has 1 amide bonds. The number of imidazole rings is 1. The van der Waals surface area contributed by atoms with Gasteiger partial charge < -0.3 is 16.0 Å². The van der Waals surface area contributed by atoms with Crippen molar-refractivity contribution in [2.75, 3.05) is 0 Å². The fourth-order valence-electron chi connectivity index (χ4n) is 1.31. The Morgan fingerprint density at radius 3 is 2.71 bits per heavy atom. The predicted molar refractivity (Wildman–Crippen MR) is 53.5 cm³/mol. The van der Waals surface area contributed by atoms with Crippen molar-refractivity contribution in [3.63, 3.8) is 0 Å². The van der Waals surface area contributed by atoms with Crippen molar-refractivity contribution in [2.24, 2.45) is 11.5 Å². The fraction of sp³-hybridized carbons (Fsp3) is 0.556. The van der Waals surface area contributed by atoms with E-state index in [4.69, 9.17) is 11.5 Å². The third-order valence-electron chi connectivity index (χ3n) is 2.14. The molecule has 5 nitrogen and oxygen atoms in total. The van der Waals surface area contributed by atoms with E-state index < -0.39 is 11.9 Å². The SMILES string of the molecule is Cc1cn(CCC(N)C(N)=O)c(C)n1. The molecule has 1 unspecified atom stereocenters. The summed E-state index contributed by atoms with van der Waals surface area (Å²) < 4.78 is 1.97. The summed E-state index contributed by atoms with van der Waals surface area (Å²) in [7, 11) is 0. The second-order valence-corrected chi connectivity index (χ2v) is 3.42. The largest absolute Gasteiger partial charge is 0.368 e. The van der Waals surface area contributed by atoms with Gasteiger partial charge >= 0.3 is 0 Å². The summed E-state index contributed by atoms with van der Waals surface area (Å²) in [6, 6.07) is -0.572. The van der Waals surface area contributed by atoms with Crippen LogP contribution in [0.15, 0.2) is 6.20 Å². The van der Waals surface area contributed by atoms with Gasteiger partial charge in [0.05, 0.1) is 11.7 Å². The molecule has 1 aromatic heterocycles. The van der Waals surface area contributed by atoms with E-state index in [9.17, 15) is 4.79 Å². The Hall–Kier alpha value is -1.36. The van der Waals surface area contributed by atoms with Crippen LogP contribution in [-0.2, 0) is 11.3 Å². The van der Waals surface area contributed by atoms with Crippen molar-refractivity contribution in [2.45, 2.75) is 32.9 Å². The van der Waals surface area contributed by atoms with Gasteiger partial charge in [0.25, 0.3) is 0 Å². The number of aromatic nitrogens is 2. The number of carbonyl (C=O) groups is 1. The number of amides is 1. The number of aryl methyl sites for hydroxylation is 3. The van der Waals surface area contributed by atoms with Crippen molar-refractivity contribution in [1.29, 1.82) is 0 Å². The Bertz CT molecular complexity index is 332. The van der Waals surface area contributed by atoms with Gasteiger partial charge in [-0.3, -0.25) is 4.79 Å². The molecule has 0 spiro atoms. The average molecular weight is 196 g/mol. The summed E-state index contributed by atoms with van der Waals surface area (Å²) >= 11 is 0. The number of nitrogens with two attached hydrogens (primary N) is 2. The Labute approximate surface area is 83.1 Å². The molecule has 1 heterocycles. The minimum atomic E-state index is -0.572. The molecule has 14 heavy (non-hydrogen) atoms. The van der Waals surface area contributed by atoms with Crippen LogP contribution < -0.4 is 11.5 Å². The molecule has 0 saturated heterocycles. The van der Waals surface area contributed by atoms with Gasteiger partial charge in [-0.1, -0.05) is 0 Å². The van der Waals surface area contributed by atoms with Gasteiger partial charge in [0.15, 0.2) is 0 Å². The highest BCUT2D eigenvalue weighted by Gasteiger charge is 2.09. The third-order valence-corrected chi connectivity index (χ3v) is 2.14. The number of hydrogen-bond donors (Lipinski definition) is 2. The van der Waals surface area contributed by atoms with Gasteiger partial charge in [-0.2, -0.15) is 0 Å². The molecule has 1 atom stereocenters. The summed E-state index contributed by atoms with van der Waals surface area (Å²) in [4.78, 5) is 14.9. The summed E-state index contributed by atoms with van der Waals surface area (Å²) in [5.41, 5.74) is 11.5. The standard InChI is InChI=1S/C9H16N4O/c1-6-5-13(7(2)12-6)4-3-8(10)9(11)14/h5,8H,3-4,10H2,1-2H3,(H2,11,14). The average Bonchev–Trinajstić information content (AvgIpc) is 2.40. The zero-order valence-electron chi connectivity index (χ0n) is 8.53. The Kier molecular flexibility index (Phi) is 3.24. The Morgan fingerprint density at radius 1 is 1.64 bits per heavy atom. The van der Waals surface area contributed by atoms with Gasteiger partial charge in [-0.05, 0) is 20.3 Å². The number of nitrogens with zero attached hydrogens (tertiary/aromatic N) is 2. The number of primary amides is 1. The quantitative estimate of drug-likeness (QED) is 0.693. The van der Waals surface area contributed by atoms with Crippen LogP contribution in [0.4, 0.5) is 0 Å². The summed E-state index contributed by atoms with van der Waals surface area (Å²) in [6.07, 6.45) is 2.48. The number of hydrogen-bond acceptors (Lipinski definition) is 3. The molecule has 1 rings (SSSR count). The number of rotatable bonds is 4. The molecule has 0 bridgehead atoms. The molecule has 0 aliphatic rings. The first-order valence-electron chi connectivity index (χ1n) is 4.56. The monoisotopic (exact) mass is 196 g/mol. The van der Waals surface area contributed by atoms with E-state index in [0.29, 0.717) is 13.0 Å². The van der Waals surface area contributed by atoms with E-state index >= 15 is 0 Å². The van der Waals surface area contributed by atoms with Crippen LogP contribution in [-0.4, -0.2) is 21.5 Å². The van der Waals surface area contributed by atoms with E-state index in [-0.39, 0.29) is 0 Å². The molecule has 4 N–H and O–H groups in total. The van der Waals surface area contributed by atoms with Gasteiger partial charge in [0.1, 0.15) is 5.82 Å². The fourth-order valence-corrected chi connectivity index (χ4v) is 1.31. The van der Waals surface area contributed by atoms with Crippen molar-refractivity contribution >= 4 is 5.91 Å². The van der Waals surface area contributed by atoms with Crippen LogP contribution in [0.25, 0.3) is 0 Å². The summed E-state index contributed by atoms with van der Waals surface area (Å²) in [5.74, 6) is 0.471. The molecule has 5 heteroatoms. The highest BCUT2D eigenvalue weighted by atomic mass is 16.1. The lowest BCUT2D eigenvalue weighted by Crippen LogP contribution is -2.37. The van der Waals surface area contributed by atoms with Gasteiger partial charge in [-0.25, -0.2) is 4.98 Å². The highest BCUT2D eigenvalue weighted by Crippen LogP contribution is 2.03. The molecular weight excluding hydrogens is 180 g/mol. The van der Waals surface area contributed by atoms with E-state index in [1.165, 1.54) is 0 Å². The van der Waals surface area contributed by atoms with E-state index in [0.717, 1.165) is 11.5 Å². The lowest BCUT2D eigenvalue weighted by molar-refractivity contribution is -0.119. The first-order chi connectivity index (χ1) is 6.50. The van der Waals surface area contributed by atoms with Crippen LogP contribution >= 0.6 is 0 Å². The van der Waals surface area contributed by atoms with Crippen LogP contribution in [0.1, 0.15) is 17.9 Å². The summed E-state index contributed by atoms with van der Waals surface area (Å²) in [5, 5.41) is 0. The molecule has 78 valence electrons. The molecule has 0 radical (unpaired) electrons. The molecular formula is C9H16N4O. The molecule has 1 aromatic rings. The first-order valence-corrected chi connectivity index (χ1v) is 4.56. The predicted octanol–water partition coefficient (Wildman–Crippen LogP) is -0.297. The lowest BCUT2D eigenvalue weighted by atomic mass is 10.2. The minimum absolute atomic E-state index is 0.459. The zero-order valence-corrected chi connectivity index (χ0v) is 8.53. The highest BCUT2D eigenvalue weighted by molar-refractivity contribution is 5.79. The molecule has 0 saturated carbocycles. The smallest absolute Gasteiger partial charge is 0.234 e. The first kappa shape index (κ1) is 10.7. The maximum Gasteiger partial charge on any atom is 0.234 e. The summed E-state index contributed by atoms with van der Waals surface area (Å²) in [6.45, 7) is 4.52. The lowest BCUT2D eigenvalue weighted by Gasteiger charge is -2.08. The Balaban J connectivity index is 2.53. The minimum Gasteiger partial charge on any atom is -0.368 e. The van der Waals surface area contributed by atoms with Crippen molar-refractivity contribution in [3.05, 3.63) is 17.7 Å². The second kappa shape index (κ2) is 4.23. The van der Waals surface area contributed by atoms with Crippen molar-refractivity contribution in [3.8, 4) is 0 Å². The van der Waals surface area contributed by atoms with Gasteiger partial charge in [0.2, 0.25) is 5.91 Å². The van der Waals surface area contributed by atoms with Gasteiger partial charge in [0, 0.05) is 12.7 Å². The van der Waals surface area contributed by atoms with Crippen LogP contribution in [0.3, 0.4) is 0 Å². The van der Waals surface area contributed by atoms with E-state index in [2.05, 4.69) is 4.98 Å². The molecule has 0 fully saturated rings. The molecule has 0 aliphatic heterocycles. The Morgan fingerprint density at radius 2 is 2.29 bits per heavy atom. The third kappa shape index (κ3) is 2.56. The normalized spacial score (nSPS) is 12.8. The van der Waals surface area contributed by atoms with Gasteiger partial charge in [-0.15, -0.1) is 0 Å². The van der Waals surface area contributed by atoms with Crippen LogP contribution in [0.5, 0.6) is 0 Å². The molecule has 0 aliphatic carbocycles. The molecule has 0 aromatic carbocycles. The van der Waals surface area contributed by atoms with Crippen LogP contribution in [0.2, 0.25) is 0 Å². The maximum atomic E-state index is 10.7. The van der Waals surface area contributed by atoms with Crippen LogP contribution in [0, 0.1) is 13.8 Å². The van der Waals surface area contributed by atoms with E-state index in [1.807, 2.05) is 24.6 Å². The topological polar surface area (TPSA) is 86.9 Å². The second-order valence-electron chi connectivity index (χ2n) is 3.42. The van der Waals surface area contributed by atoms with E-state index in [1.54, 1.807) is 0 Å². The zero-order chi connectivity index (χ0) is 10.7. The maximum absolute atomic E-state index is 10.7. The van der Waals surface area contributed by atoms with Crippen molar-refractivity contribution < 1.29 is 4.79 Å².